The van der Waals surface area contributed by atoms with Crippen molar-refractivity contribution in [2.75, 3.05) is 0 Å². The zero-order valence-corrected chi connectivity index (χ0v) is 9.83. The van der Waals surface area contributed by atoms with Crippen LogP contribution in [0.25, 0.3) is 0 Å². The Morgan fingerprint density at radius 3 is 2.44 bits per heavy atom. The third-order valence-electron chi connectivity index (χ3n) is 2.44. The highest BCUT2D eigenvalue weighted by Gasteiger charge is 2.14. The number of hydrogen-bond acceptors (Lipinski definition) is 0. The van der Waals surface area contributed by atoms with Crippen molar-refractivity contribution in [2.24, 2.45) is 0 Å². The maximum atomic E-state index is 13.2. The Hall–Kier alpha value is -0.700. The molecule has 0 saturated carbocycles. The molecule has 16 heavy (non-hydrogen) atoms. The van der Waals surface area contributed by atoms with Crippen LogP contribution in [0.15, 0.2) is 12.1 Å². The first kappa shape index (κ1) is 13.4. The van der Waals surface area contributed by atoms with Gasteiger partial charge in [0.1, 0.15) is 0 Å². The molecule has 0 amide bonds. The monoisotopic (exact) mass is 250 g/mol. The lowest BCUT2D eigenvalue weighted by molar-refractivity contribution is 0.439. The summed E-state index contributed by atoms with van der Waals surface area (Å²) in [6.45, 7) is 2.01. The molecule has 0 bridgehead atoms. The molecule has 0 heterocycles. The molecule has 0 saturated heterocycles. The van der Waals surface area contributed by atoms with E-state index in [1.807, 2.05) is 6.92 Å². The van der Waals surface area contributed by atoms with Gasteiger partial charge in [0.2, 0.25) is 0 Å². The smallest absolute Gasteiger partial charge is 0.194 e. The fourth-order valence-electron chi connectivity index (χ4n) is 1.53. The van der Waals surface area contributed by atoms with Crippen LogP contribution < -0.4 is 0 Å². The van der Waals surface area contributed by atoms with Crippen molar-refractivity contribution < 1.29 is 13.2 Å². The number of halogens is 4. The van der Waals surface area contributed by atoms with Gasteiger partial charge in [0.15, 0.2) is 17.5 Å². The van der Waals surface area contributed by atoms with Gasteiger partial charge in [-0.1, -0.05) is 19.4 Å². The molecule has 4 heteroatoms. The summed E-state index contributed by atoms with van der Waals surface area (Å²) < 4.78 is 38.8. The van der Waals surface area contributed by atoms with Gasteiger partial charge in [-0.15, -0.1) is 11.6 Å². The summed E-state index contributed by atoms with van der Waals surface area (Å²) in [4.78, 5) is 0. The van der Waals surface area contributed by atoms with Crippen molar-refractivity contribution in [1.82, 2.24) is 0 Å². The summed E-state index contributed by atoms with van der Waals surface area (Å²) in [5, 5.41) is -0.0440. The number of alkyl halides is 1. The Morgan fingerprint density at radius 1 is 1.12 bits per heavy atom. The molecule has 0 aliphatic rings. The minimum atomic E-state index is -1.40. The molecule has 1 unspecified atom stereocenters. The van der Waals surface area contributed by atoms with Crippen molar-refractivity contribution >= 4 is 11.6 Å². The van der Waals surface area contributed by atoms with Crippen molar-refractivity contribution in [3.05, 3.63) is 35.1 Å². The highest BCUT2D eigenvalue weighted by molar-refractivity contribution is 6.20. The maximum Gasteiger partial charge on any atom is 0.194 e. The summed E-state index contributed by atoms with van der Waals surface area (Å²) in [5.41, 5.74) is 0.181. The minimum absolute atomic E-state index is 0.0440. The van der Waals surface area contributed by atoms with Crippen LogP contribution in [0.4, 0.5) is 13.2 Å². The van der Waals surface area contributed by atoms with Crippen LogP contribution in [0.1, 0.15) is 31.7 Å². The second-order valence-electron chi connectivity index (χ2n) is 3.76. The highest BCUT2D eigenvalue weighted by Crippen LogP contribution is 2.19. The molecule has 1 rings (SSSR count). The summed E-state index contributed by atoms with van der Waals surface area (Å²) in [6.07, 6.45) is 2.69. The van der Waals surface area contributed by atoms with Gasteiger partial charge in [-0.3, -0.25) is 0 Å². The lowest BCUT2D eigenvalue weighted by Gasteiger charge is -2.08. The lowest BCUT2D eigenvalue weighted by Crippen LogP contribution is -2.03. The quantitative estimate of drug-likeness (QED) is 0.535. The van der Waals surface area contributed by atoms with Gasteiger partial charge in [0.25, 0.3) is 0 Å². The minimum Gasteiger partial charge on any atom is -0.204 e. The van der Waals surface area contributed by atoms with Crippen molar-refractivity contribution in [3.8, 4) is 0 Å². The topological polar surface area (TPSA) is 0 Å². The summed E-state index contributed by atoms with van der Waals surface area (Å²) >= 11 is 5.96. The van der Waals surface area contributed by atoms with Crippen LogP contribution >= 0.6 is 11.6 Å². The Labute approximate surface area is 98.4 Å². The summed E-state index contributed by atoms with van der Waals surface area (Å²) in [7, 11) is 0. The first-order valence-electron chi connectivity index (χ1n) is 5.32. The third-order valence-corrected chi connectivity index (χ3v) is 2.88. The molecule has 0 nitrogen and oxygen atoms in total. The number of benzene rings is 1. The molecule has 0 fully saturated rings. The Balaban J connectivity index is 2.64. The molecule has 90 valence electrons. The van der Waals surface area contributed by atoms with Crippen LogP contribution in [0.2, 0.25) is 0 Å². The Kier molecular flexibility index (Phi) is 5.13. The lowest BCUT2D eigenvalue weighted by atomic mass is 10.1. The zero-order valence-electron chi connectivity index (χ0n) is 9.07. The SMILES string of the molecule is CCCC(Cl)CCc1ccc(F)c(F)c1F. The van der Waals surface area contributed by atoms with Gasteiger partial charge in [-0.05, 0) is 30.9 Å². The Morgan fingerprint density at radius 2 is 1.81 bits per heavy atom. The predicted octanol–water partition coefficient (Wildman–Crippen LogP) is 4.44. The van der Waals surface area contributed by atoms with Gasteiger partial charge >= 0.3 is 0 Å². The number of aryl methyl sites for hydroxylation is 1. The molecular formula is C12H14ClF3. The fourth-order valence-corrected chi connectivity index (χ4v) is 1.86. The average molecular weight is 251 g/mol. The molecule has 0 aliphatic heterocycles. The van der Waals surface area contributed by atoms with E-state index in [0.717, 1.165) is 18.9 Å². The second kappa shape index (κ2) is 6.14. The van der Waals surface area contributed by atoms with E-state index in [1.54, 1.807) is 0 Å². The van der Waals surface area contributed by atoms with E-state index in [0.29, 0.717) is 12.8 Å². The van der Waals surface area contributed by atoms with Gasteiger partial charge in [0.05, 0.1) is 0 Å². The standard InChI is InChI=1S/C12H14ClF3/c1-2-3-9(13)6-4-8-5-7-10(14)12(16)11(8)15/h5,7,9H,2-4,6H2,1H3. The second-order valence-corrected chi connectivity index (χ2v) is 4.38. The average Bonchev–Trinajstić information content (AvgIpc) is 2.25. The van der Waals surface area contributed by atoms with Crippen molar-refractivity contribution in [3.63, 3.8) is 0 Å². The third kappa shape index (κ3) is 3.41. The molecule has 0 aliphatic carbocycles. The normalized spacial score (nSPS) is 12.8. The predicted molar refractivity (Wildman–Crippen MR) is 59.2 cm³/mol. The molecule has 0 radical (unpaired) electrons. The Bertz CT molecular complexity index is 352. The maximum absolute atomic E-state index is 13.2. The first-order valence-corrected chi connectivity index (χ1v) is 5.76. The number of rotatable bonds is 5. The molecule has 0 spiro atoms. The van der Waals surface area contributed by atoms with E-state index in [-0.39, 0.29) is 10.9 Å². The van der Waals surface area contributed by atoms with Crippen molar-refractivity contribution in [1.29, 1.82) is 0 Å². The van der Waals surface area contributed by atoms with Gasteiger partial charge in [-0.25, -0.2) is 13.2 Å². The number of hydrogen-bond donors (Lipinski definition) is 0. The van der Waals surface area contributed by atoms with E-state index in [4.69, 9.17) is 11.6 Å². The van der Waals surface area contributed by atoms with E-state index < -0.39 is 17.5 Å². The van der Waals surface area contributed by atoms with Crippen LogP contribution in [0.5, 0.6) is 0 Å². The van der Waals surface area contributed by atoms with Gasteiger partial charge in [0, 0.05) is 5.38 Å². The summed E-state index contributed by atoms with van der Waals surface area (Å²) in [6, 6.07) is 2.21. The molecule has 1 aromatic carbocycles. The van der Waals surface area contributed by atoms with Gasteiger partial charge < -0.3 is 0 Å². The molecular weight excluding hydrogens is 237 g/mol. The van der Waals surface area contributed by atoms with Gasteiger partial charge in [-0.2, -0.15) is 0 Å². The molecule has 1 aromatic rings. The molecule has 0 aromatic heterocycles. The zero-order chi connectivity index (χ0) is 12.1. The van der Waals surface area contributed by atoms with E-state index >= 15 is 0 Å². The molecule has 1 atom stereocenters. The highest BCUT2D eigenvalue weighted by atomic mass is 35.5. The van der Waals surface area contributed by atoms with Crippen LogP contribution in [-0.4, -0.2) is 5.38 Å². The molecule has 0 N–H and O–H groups in total. The largest absolute Gasteiger partial charge is 0.204 e. The van der Waals surface area contributed by atoms with E-state index in [2.05, 4.69) is 0 Å². The first-order chi connectivity index (χ1) is 7.56. The van der Waals surface area contributed by atoms with E-state index in [1.165, 1.54) is 6.07 Å². The van der Waals surface area contributed by atoms with Crippen LogP contribution in [0.3, 0.4) is 0 Å². The summed E-state index contributed by atoms with van der Waals surface area (Å²) in [5.74, 6) is -3.66. The fraction of sp³-hybridized carbons (Fsp3) is 0.500. The van der Waals surface area contributed by atoms with Crippen LogP contribution in [0, 0.1) is 17.5 Å². The van der Waals surface area contributed by atoms with Crippen molar-refractivity contribution in [2.45, 2.75) is 38.0 Å². The van der Waals surface area contributed by atoms with Crippen LogP contribution in [-0.2, 0) is 6.42 Å². The van der Waals surface area contributed by atoms with E-state index in [9.17, 15) is 13.2 Å².